The van der Waals surface area contributed by atoms with Crippen LogP contribution in [0.2, 0.25) is 0 Å². The van der Waals surface area contributed by atoms with Gasteiger partial charge in [-0.25, -0.2) is 0 Å². The van der Waals surface area contributed by atoms with Crippen LogP contribution < -0.4 is 0 Å². The minimum absolute atomic E-state index is 0.0235. The molecule has 0 aliphatic carbocycles. The Balaban J connectivity index is 1.66. The van der Waals surface area contributed by atoms with E-state index in [9.17, 15) is 4.79 Å². The number of amides is 1. The SMILES string of the molecule is CN(C)C(=O)COC[C@H]1CN(Cc2cccs2)Cc2nnn(C)c21. The second-order valence-electron chi connectivity index (χ2n) is 6.29. The number of thiophene rings is 1. The van der Waals surface area contributed by atoms with E-state index in [1.807, 2.05) is 11.7 Å². The van der Waals surface area contributed by atoms with Crippen molar-refractivity contribution in [1.82, 2.24) is 24.8 Å². The van der Waals surface area contributed by atoms with Gasteiger partial charge in [0.15, 0.2) is 0 Å². The lowest BCUT2D eigenvalue weighted by Gasteiger charge is -2.31. The maximum absolute atomic E-state index is 11.7. The fourth-order valence-corrected chi connectivity index (χ4v) is 3.73. The number of carbonyl (C=O) groups is 1. The van der Waals surface area contributed by atoms with E-state index in [4.69, 9.17) is 4.74 Å². The molecule has 1 aliphatic rings. The molecule has 3 heterocycles. The van der Waals surface area contributed by atoms with E-state index in [1.54, 1.807) is 30.3 Å². The van der Waals surface area contributed by atoms with Crippen molar-refractivity contribution in [3.05, 3.63) is 33.8 Å². The van der Waals surface area contributed by atoms with Gasteiger partial charge in [0.05, 0.1) is 12.3 Å². The Labute approximate surface area is 145 Å². The zero-order valence-electron chi connectivity index (χ0n) is 14.3. The van der Waals surface area contributed by atoms with Crippen LogP contribution in [0.3, 0.4) is 0 Å². The van der Waals surface area contributed by atoms with E-state index in [0.717, 1.165) is 31.0 Å². The second-order valence-corrected chi connectivity index (χ2v) is 7.33. The van der Waals surface area contributed by atoms with E-state index >= 15 is 0 Å². The van der Waals surface area contributed by atoms with Crippen LogP contribution in [0.1, 0.15) is 22.2 Å². The van der Waals surface area contributed by atoms with E-state index in [0.29, 0.717) is 6.61 Å². The third kappa shape index (κ3) is 3.82. The summed E-state index contributed by atoms with van der Waals surface area (Å²) in [7, 11) is 5.38. The zero-order chi connectivity index (χ0) is 17.1. The molecule has 1 amide bonds. The first-order valence-corrected chi connectivity index (χ1v) is 8.83. The molecule has 0 bridgehead atoms. The molecule has 3 rings (SSSR count). The minimum atomic E-state index is -0.0235. The number of hydrogen-bond acceptors (Lipinski definition) is 6. The molecule has 24 heavy (non-hydrogen) atoms. The first kappa shape index (κ1) is 17.1. The zero-order valence-corrected chi connectivity index (χ0v) is 15.1. The van der Waals surface area contributed by atoms with Crippen LogP contribution in [-0.2, 0) is 29.7 Å². The predicted molar refractivity (Wildman–Crippen MR) is 91.7 cm³/mol. The number of carbonyl (C=O) groups excluding carboxylic acids is 1. The van der Waals surface area contributed by atoms with Gasteiger partial charge in [-0.1, -0.05) is 11.3 Å². The Morgan fingerprint density at radius 3 is 3.04 bits per heavy atom. The Kier molecular flexibility index (Phi) is 5.27. The van der Waals surface area contributed by atoms with Crippen molar-refractivity contribution in [3.63, 3.8) is 0 Å². The summed E-state index contributed by atoms with van der Waals surface area (Å²) in [6.45, 7) is 3.18. The Morgan fingerprint density at radius 1 is 1.50 bits per heavy atom. The molecule has 1 atom stereocenters. The Morgan fingerprint density at radius 2 is 2.33 bits per heavy atom. The lowest BCUT2D eigenvalue weighted by molar-refractivity contribution is -0.133. The van der Waals surface area contributed by atoms with E-state index in [2.05, 4.69) is 32.7 Å². The van der Waals surface area contributed by atoms with Crippen LogP contribution in [0.5, 0.6) is 0 Å². The molecule has 0 unspecified atom stereocenters. The summed E-state index contributed by atoms with van der Waals surface area (Å²) in [4.78, 5) is 16.9. The summed E-state index contributed by atoms with van der Waals surface area (Å²) >= 11 is 1.76. The van der Waals surface area contributed by atoms with E-state index in [-0.39, 0.29) is 18.4 Å². The molecule has 1 aliphatic heterocycles. The van der Waals surface area contributed by atoms with Gasteiger partial charge >= 0.3 is 0 Å². The van der Waals surface area contributed by atoms with Gasteiger partial charge in [0, 0.05) is 51.6 Å². The van der Waals surface area contributed by atoms with E-state index < -0.39 is 0 Å². The number of nitrogens with zero attached hydrogens (tertiary/aromatic N) is 5. The molecule has 0 aromatic carbocycles. The highest BCUT2D eigenvalue weighted by Gasteiger charge is 2.30. The maximum Gasteiger partial charge on any atom is 0.248 e. The second kappa shape index (κ2) is 7.42. The van der Waals surface area contributed by atoms with Crippen molar-refractivity contribution < 1.29 is 9.53 Å². The van der Waals surface area contributed by atoms with Crippen molar-refractivity contribution in [1.29, 1.82) is 0 Å². The molecule has 0 spiro atoms. The summed E-state index contributed by atoms with van der Waals surface area (Å²) < 4.78 is 7.51. The molecular weight excluding hydrogens is 326 g/mol. The molecule has 130 valence electrons. The van der Waals surface area contributed by atoms with Crippen LogP contribution in [0, 0.1) is 0 Å². The molecule has 0 N–H and O–H groups in total. The fraction of sp³-hybridized carbons (Fsp3) is 0.562. The third-order valence-corrected chi connectivity index (χ3v) is 5.05. The molecule has 2 aromatic rings. The van der Waals surface area contributed by atoms with E-state index in [1.165, 1.54) is 4.88 Å². The smallest absolute Gasteiger partial charge is 0.248 e. The average Bonchev–Trinajstić information content (AvgIpc) is 3.17. The lowest BCUT2D eigenvalue weighted by Crippen LogP contribution is -2.36. The lowest BCUT2D eigenvalue weighted by atomic mass is 9.99. The quantitative estimate of drug-likeness (QED) is 0.781. The van der Waals surface area contributed by atoms with Crippen molar-refractivity contribution in [2.24, 2.45) is 7.05 Å². The standard InChI is InChI=1S/C16H23N5O2S/c1-19(2)15(22)11-23-10-12-7-21(8-13-5-4-6-24-13)9-14-16(12)20(3)18-17-14/h4-6,12H,7-11H2,1-3H3/t12-/m1/s1. The molecule has 8 heteroatoms. The molecule has 0 fully saturated rings. The monoisotopic (exact) mass is 349 g/mol. The normalized spacial score (nSPS) is 17.7. The van der Waals surface area contributed by atoms with Crippen molar-refractivity contribution in [2.75, 3.05) is 33.9 Å². The number of rotatable bonds is 6. The molecular formula is C16H23N5O2S. The van der Waals surface area contributed by atoms with Gasteiger partial charge in [0.1, 0.15) is 12.3 Å². The largest absolute Gasteiger partial charge is 0.371 e. The number of likely N-dealkylation sites (N-methyl/N-ethyl adjacent to an activating group) is 1. The van der Waals surface area contributed by atoms with Crippen molar-refractivity contribution >= 4 is 17.2 Å². The van der Waals surface area contributed by atoms with Gasteiger partial charge in [-0.05, 0) is 11.4 Å². The van der Waals surface area contributed by atoms with Crippen molar-refractivity contribution in [2.45, 2.75) is 19.0 Å². The van der Waals surface area contributed by atoms with Crippen LogP contribution in [-0.4, -0.2) is 64.6 Å². The summed E-state index contributed by atoms with van der Waals surface area (Å²) in [5.74, 6) is 0.147. The number of aryl methyl sites for hydroxylation is 1. The Bertz CT molecular complexity index is 683. The summed E-state index contributed by atoms with van der Waals surface area (Å²) in [5.41, 5.74) is 2.13. The van der Waals surface area contributed by atoms with Crippen LogP contribution >= 0.6 is 11.3 Å². The highest BCUT2D eigenvalue weighted by atomic mass is 32.1. The number of fused-ring (bicyclic) bond motifs is 1. The topological polar surface area (TPSA) is 63.5 Å². The van der Waals surface area contributed by atoms with Crippen LogP contribution in [0.4, 0.5) is 0 Å². The molecule has 0 saturated heterocycles. The maximum atomic E-state index is 11.7. The van der Waals surface area contributed by atoms with Crippen LogP contribution in [0.15, 0.2) is 17.5 Å². The average molecular weight is 349 g/mol. The molecule has 2 aromatic heterocycles. The van der Waals surface area contributed by atoms with Gasteiger partial charge < -0.3 is 9.64 Å². The van der Waals surface area contributed by atoms with Gasteiger partial charge in [0.25, 0.3) is 0 Å². The first-order valence-electron chi connectivity index (χ1n) is 7.95. The number of hydrogen-bond donors (Lipinski definition) is 0. The third-order valence-electron chi connectivity index (χ3n) is 4.19. The van der Waals surface area contributed by atoms with Crippen molar-refractivity contribution in [3.8, 4) is 0 Å². The van der Waals surface area contributed by atoms with Crippen LogP contribution in [0.25, 0.3) is 0 Å². The first-order chi connectivity index (χ1) is 11.5. The predicted octanol–water partition coefficient (Wildman–Crippen LogP) is 1.08. The highest BCUT2D eigenvalue weighted by Crippen LogP contribution is 2.28. The van der Waals surface area contributed by atoms with Gasteiger partial charge in [-0.3, -0.25) is 14.4 Å². The van der Waals surface area contributed by atoms with Gasteiger partial charge in [0.2, 0.25) is 5.91 Å². The highest BCUT2D eigenvalue weighted by molar-refractivity contribution is 7.09. The molecule has 0 saturated carbocycles. The number of ether oxygens (including phenoxy) is 1. The fourth-order valence-electron chi connectivity index (χ4n) is 2.99. The summed E-state index contributed by atoms with van der Waals surface area (Å²) in [6, 6.07) is 4.23. The summed E-state index contributed by atoms with van der Waals surface area (Å²) in [5, 5.41) is 10.6. The summed E-state index contributed by atoms with van der Waals surface area (Å²) in [6.07, 6.45) is 0. The van der Waals surface area contributed by atoms with Gasteiger partial charge in [-0.2, -0.15) is 0 Å². The Hall–Kier alpha value is -1.77. The van der Waals surface area contributed by atoms with Gasteiger partial charge in [-0.15, -0.1) is 16.4 Å². The molecule has 0 radical (unpaired) electrons. The number of aromatic nitrogens is 3. The molecule has 7 nitrogen and oxygen atoms in total. The minimum Gasteiger partial charge on any atom is -0.371 e.